The molecule has 1 aliphatic carbocycles. The molecule has 0 aromatic carbocycles. The number of carboxylic acid groups (broad SMARTS) is 2. The quantitative estimate of drug-likeness (QED) is 0.389. The monoisotopic (exact) mass is 486 g/mol. The third-order valence-corrected chi connectivity index (χ3v) is 5.06. The van der Waals surface area contributed by atoms with Crippen molar-refractivity contribution >= 4 is 34.8 Å². The molecule has 14 heteroatoms. The minimum Gasteiger partial charge on any atom is -0.478 e. The van der Waals surface area contributed by atoms with Gasteiger partial charge in [-0.1, -0.05) is 0 Å². The Balaban J connectivity index is 0.000000440. The van der Waals surface area contributed by atoms with Crippen LogP contribution in [-0.4, -0.2) is 75.0 Å². The van der Waals surface area contributed by atoms with E-state index >= 15 is 0 Å². The predicted molar refractivity (Wildman–Crippen MR) is 115 cm³/mol. The lowest BCUT2D eigenvalue weighted by Gasteiger charge is -2.35. The van der Waals surface area contributed by atoms with Gasteiger partial charge >= 0.3 is 24.1 Å². The Kier molecular flexibility index (Phi) is 9.21. The van der Waals surface area contributed by atoms with Crippen LogP contribution in [0.4, 0.5) is 23.8 Å². The van der Waals surface area contributed by atoms with Crippen LogP contribution in [0.2, 0.25) is 0 Å². The van der Waals surface area contributed by atoms with E-state index in [0.717, 1.165) is 29.7 Å². The lowest BCUT2D eigenvalue weighted by atomic mass is 9.90. The summed E-state index contributed by atoms with van der Waals surface area (Å²) in [6.07, 6.45) is 3.09. The van der Waals surface area contributed by atoms with E-state index in [0.29, 0.717) is 25.0 Å². The molecule has 2 heterocycles. The largest absolute Gasteiger partial charge is 0.478 e. The molecule has 11 nitrogen and oxygen atoms in total. The molecule has 186 valence electrons. The molecular formula is C20H25F3N6O5. The van der Waals surface area contributed by atoms with Crippen molar-refractivity contribution in [1.82, 2.24) is 25.6 Å². The Morgan fingerprint density at radius 3 is 2.32 bits per heavy atom. The molecule has 0 aliphatic heterocycles. The van der Waals surface area contributed by atoms with Gasteiger partial charge in [-0.25, -0.2) is 24.4 Å². The molecule has 1 saturated carbocycles. The van der Waals surface area contributed by atoms with Crippen LogP contribution in [0, 0.1) is 0 Å². The Hall–Kier alpha value is -3.84. The van der Waals surface area contributed by atoms with Gasteiger partial charge in [0.05, 0.1) is 5.39 Å². The average Bonchev–Trinajstić information content (AvgIpc) is 3.25. The Morgan fingerprint density at radius 1 is 1.15 bits per heavy atom. The van der Waals surface area contributed by atoms with Gasteiger partial charge in [-0.3, -0.25) is 0 Å². The molecule has 0 atom stereocenters. The fraction of sp³-hybridized carbons (Fsp3) is 0.450. The third kappa shape index (κ3) is 8.60. The Morgan fingerprint density at radius 2 is 1.76 bits per heavy atom. The van der Waals surface area contributed by atoms with Crippen LogP contribution in [-0.2, 0) is 9.59 Å². The zero-order chi connectivity index (χ0) is 25.3. The summed E-state index contributed by atoms with van der Waals surface area (Å²) in [4.78, 5) is 44.4. The Bertz CT molecular complexity index is 1000. The molecule has 5 N–H and O–H groups in total. The fourth-order valence-corrected chi connectivity index (χ4v) is 3.48. The summed E-state index contributed by atoms with van der Waals surface area (Å²) in [7, 11) is 1.98. The maximum absolute atomic E-state index is 12.1. The molecule has 0 radical (unpaired) electrons. The number of amides is 2. The summed E-state index contributed by atoms with van der Waals surface area (Å²) in [6, 6.07) is 1.29. The summed E-state index contributed by atoms with van der Waals surface area (Å²) in [5.41, 5.74) is 0.776. The first-order valence-corrected chi connectivity index (χ1v) is 10.2. The first-order chi connectivity index (χ1) is 16.0. The molecule has 0 spiro atoms. The second kappa shape index (κ2) is 11.9. The molecule has 0 saturated heterocycles. The molecule has 0 unspecified atom stereocenters. The predicted octanol–water partition coefficient (Wildman–Crippen LogP) is 2.28. The van der Waals surface area contributed by atoms with Crippen LogP contribution in [0.3, 0.4) is 0 Å². The van der Waals surface area contributed by atoms with E-state index in [4.69, 9.17) is 10.2 Å². The van der Waals surface area contributed by atoms with Gasteiger partial charge < -0.3 is 30.7 Å². The third-order valence-electron chi connectivity index (χ3n) is 5.06. The molecular weight excluding hydrogens is 461 g/mol. The molecule has 34 heavy (non-hydrogen) atoms. The number of carboxylic acids is 2. The summed E-state index contributed by atoms with van der Waals surface area (Å²) in [6.45, 7) is -1.32. The highest BCUT2D eigenvalue weighted by molar-refractivity contribution is 5.89. The second-order valence-electron chi connectivity index (χ2n) is 7.51. The molecule has 3 rings (SSSR count). The smallest absolute Gasteiger partial charge is 0.405 e. The number of anilines is 1. The number of hydrogen-bond donors (Lipinski definition) is 5. The number of aromatic nitrogens is 3. The molecule has 1 aliphatic rings. The van der Waals surface area contributed by atoms with Gasteiger partial charge in [0, 0.05) is 37.5 Å². The topological polar surface area (TPSA) is 161 Å². The van der Waals surface area contributed by atoms with Crippen molar-refractivity contribution < 1.29 is 37.8 Å². The van der Waals surface area contributed by atoms with Crippen LogP contribution in [0.25, 0.3) is 11.0 Å². The SMILES string of the molecule is CN(c1ncnc2[nH]ccc12)C1CCC(NC(=O)NCC(F)(F)F)CC1.O=C(O)/C=C\C(=O)O. The highest BCUT2D eigenvalue weighted by Gasteiger charge is 2.29. The zero-order valence-corrected chi connectivity index (χ0v) is 18.2. The van der Waals surface area contributed by atoms with E-state index in [1.807, 2.05) is 24.6 Å². The summed E-state index contributed by atoms with van der Waals surface area (Å²) >= 11 is 0. The number of fused-ring (bicyclic) bond motifs is 1. The first kappa shape index (κ1) is 26.4. The number of nitrogens with one attached hydrogen (secondary N) is 3. The van der Waals surface area contributed by atoms with Gasteiger partial charge in [-0.2, -0.15) is 13.2 Å². The highest BCUT2D eigenvalue weighted by Crippen LogP contribution is 2.29. The van der Waals surface area contributed by atoms with Crippen molar-refractivity contribution in [3.05, 3.63) is 30.7 Å². The number of halogens is 3. The van der Waals surface area contributed by atoms with E-state index in [2.05, 4.69) is 25.2 Å². The summed E-state index contributed by atoms with van der Waals surface area (Å²) in [5, 5.41) is 21.0. The first-order valence-electron chi connectivity index (χ1n) is 10.2. The van der Waals surface area contributed by atoms with Gasteiger partial charge in [0.15, 0.2) is 0 Å². The molecule has 2 amide bonds. The van der Waals surface area contributed by atoms with Crippen molar-refractivity contribution in [3.63, 3.8) is 0 Å². The number of hydrogen-bond acceptors (Lipinski definition) is 6. The molecule has 2 aromatic rings. The van der Waals surface area contributed by atoms with Crippen LogP contribution < -0.4 is 15.5 Å². The van der Waals surface area contributed by atoms with Crippen LogP contribution >= 0.6 is 0 Å². The van der Waals surface area contributed by atoms with Crippen molar-refractivity contribution in [2.45, 2.75) is 43.9 Å². The van der Waals surface area contributed by atoms with E-state index in [-0.39, 0.29) is 12.1 Å². The number of nitrogens with zero attached hydrogens (tertiary/aromatic N) is 3. The minimum absolute atomic E-state index is 0.120. The van der Waals surface area contributed by atoms with Crippen LogP contribution in [0.1, 0.15) is 25.7 Å². The number of urea groups is 1. The van der Waals surface area contributed by atoms with E-state index in [1.165, 1.54) is 6.33 Å². The molecule has 1 fully saturated rings. The lowest BCUT2D eigenvalue weighted by molar-refractivity contribution is -0.134. The standard InChI is InChI=1S/C16H21F3N6O.C4H4O4/c1-25(14-12-6-7-20-13(12)22-9-23-14)11-4-2-10(3-5-11)24-15(26)21-8-16(17,18)19;5-3(6)1-2-4(7)8/h6-7,9-11H,2-5,8H2,1H3,(H,20,22,23)(H2,21,24,26);1-2H,(H,5,6)(H,7,8)/b;2-1-. The normalized spacial score (nSPS) is 18.1. The number of aromatic amines is 1. The summed E-state index contributed by atoms with van der Waals surface area (Å²) in [5.74, 6) is -1.67. The fourth-order valence-electron chi connectivity index (χ4n) is 3.48. The Labute approximate surface area is 192 Å². The molecule has 0 bridgehead atoms. The van der Waals surface area contributed by atoms with Crippen LogP contribution in [0.5, 0.6) is 0 Å². The summed E-state index contributed by atoms with van der Waals surface area (Å²) < 4.78 is 36.4. The number of carbonyl (C=O) groups excluding carboxylic acids is 1. The van der Waals surface area contributed by atoms with Crippen LogP contribution in [0.15, 0.2) is 30.7 Å². The number of rotatable bonds is 6. The number of carbonyl (C=O) groups is 3. The van der Waals surface area contributed by atoms with Gasteiger partial charge in [-0.05, 0) is 31.7 Å². The van der Waals surface area contributed by atoms with E-state index in [1.54, 1.807) is 0 Å². The zero-order valence-electron chi connectivity index (χ0n) is 18.2. The van der Waals surface area contributed by atoms with Gasteiger partial charge in [0.1, 0.15) is 24.3 Å². The molecule has 2 aromatic heterocycles. The minimum atomic E-state index is -4.40. The highest BCUT2D eigenvalue weighted by atomic mass is 19.4. The number of alkyl halides is 3. The van der Waals surface area contributed by atoms with Crippen molar-refractivity contribution in [1.29, 1.82) is 0 Å². The van der Waals surface area contributed by atoms with E-state index < -0.39 is 30.7 Å². The van der Waals surface area contributed by atoms with Gasteiger partial charge in [-0.15, -0.1) is 0 Å². The van der Waals surface area contributed by atoms with Crippen molar-refractivity contribution in [2.75, 3.05) is 18.5 Å². The lowest BCUT2D eigenvalue weighted by Crippen LogP contribution is -2.48. The average molecular weight is 486 g/mol. The maximum atomic E-state index is 12.1. The van der Waals surface area contributed by atoms with Gasteiger partial charge in [0.2, 0.25) is 0 Å². The van der Waals surface area contributed by atoms with Gasteiger partial charge in [0.25, 0.3) is 0 Å². The maximum Gasteiger partial charge on any atom is 0.405 e. The second-order valence-corrected chi connectivity index (χ2v) is 7.51. The van der Waals surface area contributed by atoms with E-state index in [9.17, 15) is 27.6 Å². The van der Waals surface area contributed by atoms with Crippen molar-refractivity contribution in [2.24, 2.45) is 0 Å². The number of H-pyrrole nitrogens is 1. The van der Waals surface area contributed by atoms with Crippen molar-refractivity contribution in [3.8, 4) is 0 Å². The number of aliphatic carboxylic acids is 2.